The van der Waals surface area contributed by atoms with E-state index in [4.69, 9.17) is 23.3 Å². The van der Waals surface area contributed by atoms with E-state index < -0.39 is 57.8 Å². The van der Waals surface area contributed by atoms with Gasteiger partial charge in [0.1, 0.15) is 12.7 Å². The number of carbonyl (C=O) groups is 3. The van der Waals surface area contributed by atoms with E-state index in [1.807, 2.05) is 12.2 Å². The van der Waals surface area contributed by atoms with Gasteiger partial charge in [0.2, 0.25) is 0 Å². The van der Waals surface area contributed by atoms with E-state index >= 15 is 0 Å². The molecule has 0 aliphatic heterocycles. The molecule has 0 saturated carbocycles. The Hall–Kier alpha value is -3.60. The highest BCUT2D eigenvalue weighted by molar-refractivity contribution is 7.47. The van der Waals surface area contributed by atoms with Gasteiger partial charge in [0, 0.05) is 19.3 Å². The number of ether oxygens (including phenoxy) is 3. The predicted molar refractivity (Wildman–Crippen MR) is 307 cm³/mol. The Morgan fingerprint density at radius 1 is 0.392 bits per heavy atom. The van der Waals surface area contributed by atoms with Gasteiger partial charge in [-0.1, -0.05) is 234 Å². The second-order valence-corrected chi connectivity index (χ2v) is 20.5. The second-order valence-electron chi connectivity index (χ2n) is 19.0. The van der Waals surface area contributed by atoms with Crippen molar-refractivity contribution in [3.8, 4) is 0 Å². The molecule has 424 valence electrons. The molecule has 3 unspecified atom stereocenters. The molecule has 0 rings (SSSR count). The summed E-state index contributed by atoms with van der Waals surface area (Å²) in [7, 11) is -4.78. The van der Waals surface area contributed by atoms with Gasteiger partial charge >= 0.3 is 25.7 Å². The molecule has 0 aromatic carbocycles. The quantitative estimate of drug-likeness (QED) is 0.0197. The number of unbranched alkanes of at least 4 members (excludes halogenated alkanes) is 20. The molecule has 0 aromatic rings. The van der Waals surface area contributed by atoms with E-state index in [0.717, 1.165) is 96.3 Å². The number of rotatable bonds is 53. The van der Waals surface area contributed by atoms with E-state index in [9.17, 15) is 28.9 Å². The van der Waals surface area contributed by atoms with Crippen LogP contribution < -0.4 is 0 Å². The van der Waals surface area contributed by atoms with Crippen LogP contribution >= 0.6 is 7.82 Å². The van der Waals surface area contributed by atoms with Crippen molar-refractivity contribution in [2.45, 2.75) is 251 Å². The van der Waals surface area contributed by atoms with Crippen LogP contribution in [0.3, 0.4) is 0 Å². The van der Waals surface area contributed by atoms with Crippen LogP contribution in [-0.2, 0) is 42.2 Å². The van der Waals surface area contributed by atoms with Crippen molar-refractivity contribution in [3.05, 3.63) is 97.2 Å². The fourth-order valence-electron chi connectivity index (χ4n) is 7.66. The molecule has 3 atom stereocenters. The third-order valence-corrected chi connectivity index (χ3v) is 13.0. The molecular weight excluding hydrogens is 952 g/mol. The van der Waals surface area contributed by atoms with Gasteiger partial charge in [-0.3, -0.25) is 23.4 Å². The van der Waals surface area contributed by atoms with Gasteiger partial charge in [-0.25, -0.2) is 4.57 Å². The minimum Gasteiger partial charge on any atom is -0.462 e. The molecule has 11 nitrogen and oxygen atoms in total. The number of phosphoric acid groups is 1. The largest absolute Gasteiger partial charge is 0.472 e. The molecule has 0 aliphatic carbocycles. The zero-order valence-corrected chi connectivity index (χ0v) is 47.7. The molecule has 74 heavy (non-hydrogen) atoms. The summed E-state index contributed by atoms with van der Waals surface area (Å²) < 4.78 is 39.4. The number of phosphoric ester groups is 1. The van der Waals surface area contributed by atoms with Crippen molar-refractivity contribution in [2.24, 2.45) is 0 Å². The lowest BCUT2D eigenvalue weighted by atomic mass is 10.0. The molecule has 0 spiro atoms. The van der Waals surface area contributed by atoms with E-state index in [-0.39, 0.29) is 25.9 Å². The van der Waals surface area contributed by atoms with E-state index in [1.54, 1.807) is 0 Å². The first-order chi connectivity index (χ1) is 36.2. The van der Waals surface area contributed by atoms with Gasteiger partial charge in [0.05, 0.1) is 19.8 Å². The highest BCUT2D eigenvalue weighted by Gasteiger charge is 2.28. The zero-order chi connectivity index (χ0) is 54.1. The first kappa shape index (κ1) is 70.4. The maximum Gasteiger partial charge on any atom is 0.472 e. The highest BCUT2D eigenvalue weighted by Crippen LogP contribution is 2.43. The van der Waals surface area contributed by atoms with Crippen LogP contribution in [0.4, 0.5) is 0 Å². The van der Waals surface area contributed by atoms with Crippen LogP contribution in [0.5, 0.6) is 0 Å². The maximum atomic E-state index is 12.9. The van der Waals surface area contributed by atoms with Crippen molar-refractivity contribution in [3.63, 3.8) is 0 Å². The Morgan fingerprint density at radius 3 is 1.16 bits per heavy atom. The number of aliphatic hydroxyl groups is 1. The third kappa shape index (κ3) is 53.2. The van der Waals surface area contributed by atoms with Crippen molar-refractivity contribution >= 4 is 25.7 Å². The molecule has 0 fully saturated rings. The summed E-state index contributed by atoms with van der Waals surface area (Å²) in [4.78, 5) is 48.5. The summed E-state index contributed by atoms with van der Waals surface area (Å²) in [5.74, 6) is -1.58. The monoisotopic (exact) mass is 1060 g/mol. The normalized spacial score (nSPS) is 14.1. The Balaban J connectivity index is 4.82. The molecule has 0 bridgehead atoms. The summed E-state index contributed by atoms with van der Waals surface area (Å²) in [6.07, 6.45) is 65.3. The first-order valence-corrected chi connectivity index (χ1v) is 30.6. The number of esters is 3. The van der Waals surface area contributed by atoms with Gasteiger partial charge in [0.15, 0.2) is 6.10 Å². The Labute approximate surface area is 451 Å². The number of allylic oxidation sites excluding steroid dienone is 16. The van der Waals surface area contributed by atoms with Crippen LogP contribution in [0.15, 0.2) is 97.2 Å². The van der Waals surface area contributed by atoms with Crippen molar-refractivity contribution in [1.82, 2.24) is 0 Å². The van der Waals surface area contributed by atoms with Gasteiger partial charge in [0.25, 0.3) is 0 Å². The molecule has 12 heteroatoms. The van der Waals surface area contributed by atoms with Crippen molar-refractivity contribution < 1.29 is 52.2 Å². The van der Waals surface area contributed by atoms with Gasteiger partial charge < -0.3 is 24.2 Å². The Bertz CT molecular complexity index is 1610. The van der Waals surface area contributed by atoms with Crippen molar-refractivity contribution in [2.75, 3.05) is 26.4 Å². The average Bonchev–Trinajstić information content (AvgIpc) is 3.39. The van der Waals surface area contributed by atoms with E-state index in [1.165, 1.54) is 83.5 Å². The topological polar surface area (TPSA) is 155 Å². The molecule has 0 radical (unpaired) electrons. The lowest BCUT2D eigenvalue weighted by Crippen LogP contribution is -2.30. The van der Waals surface area contributed by atoms with E-state index in [0.29, 0.717) is 19.3 Å². The molecule has 0 aromatic heterocycles. The van der Waals surface area contributed by atoms with Crippen LogP contribution in [0.1, 0.15) is 239 Å². The minimum atomic E-state index is -4.78. The summed E-state index contributed by atoms with van der Waals surface area (Å²) in [5.41, 5.74) is 0. The fourth-order valence-corrected chi connectivity index (χ4v) is 8.44. The maximum absolute atomic E-state index is 12.9. The zero-order valence-electron chi connectivity index (χ0n) is 46.8. The molecule has 0 aliphatic rings. The molecule has 2 N–H and O–H groups in total. The summed E-state index contributed by atoms with van der Waals surface area (Å²) in [6.45, 7) is 4.31. The van der Waals surface area contributed by atoms with Crippen LogP contribution in [0.25, 0.3) is 0 Å². The fraction of sp³-hybridized carbons (Fsp3) is 0.694. The third-order valence-electron chi connectivity index (χ3n) is 12.0. The molecule has 0 saturated heterocycles. The Morgan fingerprint density at radius 2 is 0.730 bits per heavy atom. The smallest absolute Gasteiger partial charge is 0.462 e. The Kier molecular flexibility index (Phi) is 52.9. The van der Waals surface area contributed by atoms with Crippen molar-refractivity contribution in [1.29, 1.82) is 0 Å². The molecular formula is C62H105O11P. The lowest BCUT2D eigenvalue weighted by Gasteiger charge is -2.21. The number of aliphatic hydroxyl groups excluding tert-OH is 1. The SMILES string of the molecule is CC/C=C\C/C=C\C/C=C\C/C=C\CCCCCCC(=O)OC(COC(=O)CCCCCCCCCCCCCCCCCCC)COP(=O)(O)OCC(CO)OC(=O)CC/C=C\C/C=C\C/C=C\C/C=C\CC. The summed E-state index contributed by atoms with van der Waals surface area (Å²) in [5, 5.41) is 9.79. The van der Waals surface area contributed by atoms with Gasteiger partial charge in [-0.15, -0.1) is 0 Å². The van der Waals surface area contributed by atoms with Gasteiger partial charge in [-0.05, 0) is 83.5 Å². The van der Waals surface area contributed by atoms with E-state index in [2.05, 4.69) is 106 Å². The number of carbonyl (C=O) groups excluding carboxylic acids is 3. The summed E-state index contributed by atoms with van der Waals surface area (Å²) in [6, 6.07) is 0. The predicted octanol–water partition coefficient (Wildman–Crippen LogP) is 17.3. The van der Waals surface area contributed by atoms with Crippen LogP contribution in [0, 0.1) is 0 Å². The van der Waals surface area contributed by atoms with Gasteiger partial charge in [-0.2, -0.15) is 0 Å². The number of hydrogen-bond acceptors (Lipinski definition) is 10. The molecule has 0 amide bonds. The second kappa shape index (κ2) is 55.6. The lowest BCUT2D eigenvalue weighted by molar-refractivity contribution is -0.161. The van der Waals surface area contributed by atoms with Crippen LogP contribution in [-0.4, -0.2) is 66.5 Å². The highest BCUT2D eigenvalue weighted by atomic mass is 31.2. The standard InChI is InChI=1S/C62H105O11P/c1-4-7-10-13-16-19-22-25-27-29-31-34-36-39-42-45-48-51-60(64)69-55-59(73-62(66)53-50-47-44-41-38-35-32-30-28-26-23-20-17-14-11-8-5-2)57-71-74(67,68)70-56-58(54-63)72-61(65)52-49-46-43-40-37-33-24-21-18-15-12-9-6-3/h8-9,11-12,17-18,20-21,26,28,32-33,35,37,43,46,58-59,63H,4-7,10,13-16,19,22-25,27,29-31,34,36,38-42,44-45,47-57H2,1-3H3,(H,67,68)/b11-8-,12-9-,20-17-,21-18-,28-26-,35-32-,37-33-,46-43-. The van der Waals surface area contributed by atoms with Crippen LogP contribution in [0.2, 0.25) is 0 Å². The summed E-state index contributed by atoms with van der Waals surface area (Å²) >= 11 is 0. The molecule has 0 heterocycles. The minimum absolute atomic E-state index is 0.0509. The average molecular weight is 1060 g/mol. The number of hydrogen-bond donors (Lipinski definition) is 2. The first-order valence-electron chi connectivity index (χ1n) is 29.1.